The highest BCUT2D eigenvalue weighted by Crippen LogP contribution is 2.34. The van der Waals surface area contributed by atoms with Gasteiger partial charge in [-0.25, -0.2) is 0 Å². The van der Waals surface area contributed by atoms with Crippen LogP contribution in [0.2, 0.25) is 0 Å². The summed E-state index contributed by atoms with van der Waals surface area (Å²) >= 11 is 0. The summed E-state index contributed by atoms with van der Waals surface area (Å²) in [6.07, 6.45) is 1.25. The molecule has 0 aromatic heterocycles. The van der Waals surface area contributed by atoms with Crippen LogP contribution in [0.3, 0.4) is 0 Å². The average molecular weight is 254 g/mol. The lowest BCUT2D eigenvalue weighted by Crippen LogP contribution is -2.13. The molecule has 1 aromatic carbocycles. The highest BCUT2D eigenvalue weighted by atomic mass is 16.5. The molecule has 2 heteroatoms. The van der Waals surface area contributed by atoms with Crippen LogP contribution in [0.1, 0.15) is 57.7 Å². The Bertz CT molecular complexity index is 349. The topological polar surface area (TPSA) is 40.7 Å². The van der Waals surface area contributed by atoms with Crippen molar-refractivity contribution in [3.05, 3.63) is 28.8 Å². The zero-order valence-electron chi connectivity index (χ0n) is 13.3. The first-order chi connectivity index (χ1) is 7.79. The molecule has 1 rings (SSSR count). The van der Waals surface area contributed by atoms with Crippen LogP contribution in [0.4, 0.5) is 0 Å². The molecular formula is C16H30O2. The van der Waals surface area contributed by atoms with Crippen LogP contribution in [-0.2, 0) is 5.41 Å². The minimum atomic E-state index is 0. The van der Waals surface area contributed by atoms with Gasteiger partial charge in [0.2, 0.25) is 0 Å². The van der Waals surface area contributed by atoms with Crippen molar-refractivity contribution in [2.24, 2.45) is 0 Å². The van der Waals surface area contributed by atoms with E-state index in [-0.39, 0.29) is 10.9 Å². The Kier molecular flexibility index (Phi) is 8.75. The molecule has 0 radical (unpaired) electrons. The molecule has 0 saturated heterocycles. The first kappa shape index (κ1) is 19.3. The molecule has 0 bridgehead atoms. The number of hydrogen-bond donors (Lipinski definition) is 0. The maximum atomic E-state index is 5.48. The number of rotatable bonds is 1. The lowest BCUT2D eigenvalue weighted by molar-refractivity contribution is 0.394. The predicted octanol–water partition coefficient (Wildman–Crippen LogP) is 4.20. The van der Waals surface area contributed by atoms with Crippen LogP contribution in [0.25, 0.3) is 0 Å². The first-order valence-corrected chi connectivity index (χ1v) is 6.44. The number of benzene rings is 1. The molecule has 2 nitrogen and oxygen atoms in total. The maximum Gasteiger partial charge on any atom is 0.125 e. The monoisotopic (exact) mass is 254 g/mol. The van der Waals surface area contributed by atoms with Gasteiger partial charge in [-0.05, 0) is 36.0 Å². The number of methoxy groups -OCH3 is 1. The molecule has 0 saturated carbocycles. The van der Waals surface area contributed by atoms with E-state index in [1.807, 2.05) is 0 Å². The lowest BCUT2D eigenvalue weighted by atomic mass is 9.84. The Morgan fingerprint density at radius 3 is 1.83 bits per heavy atom. The second-order valence-electron chi connectivity index (χ2n) is 5.55. The molecule has 0 aliphatic rings. The van der Waals surface area contributed by atoms with E-state index in [2.05, 4.69) is 60.6 Å². The van der Waals surface area contributed by atoms with Crippen molar-refractivity contribution >= 4 is 0 Å². The normalized spacial score (nSPS) is 10.0. The molecule has 0 fully saturated rings. The van der Waals surface area contributed by atoms with Crippen molar-refractivity contribution < 1.29 is 10.2 Å². The fraction of sp³-hybridized carbons (Fsp3) is 0.625. The van der Waals surface area contributed by atoms with Gasteiger partial charge in [-0.3, -0.25) is 0 Å². The van der Waals surface area contributed by atoms with Crippen LogP contribution in [-0.4, -0.2) is 12.6 Å². The SMILES string of the molecule is CCC.COc1c(C(C)(C)C)ccc(C)c1C.O. The minimum absolute atomic E-state index is 0. The van der Waals surface area contributed by atoms with Crippen molar-refractivity contribution in [2.45, 2.75) is 60.3 Å². The van der Waals surface area contributed by atoms with Crippen LogP contribution >= 0.6 is 0 Å². The van der Waals surface area contributed by atoms with E-state index in [0.29, 0.717) is 0 Å². The summed E-state index contributed by atoms with van der Waals surface area (Å²) in [6.45, 7) is 15.1. The van der Waals surface area contributed by atoms with E-state index < -0.39 is 0 Å². The summed E-state index contributed by atoms with van der Waals surface area (Å²) < 4.78 is 5.48. The van der Waals surface area contributed by atoms with Crippen LogP contribution in [0, 0.1) is 13.8 Å². The van der Waals surface area contributed by atoms with E-state index in [9.17, 15) is 0 Å². The molecule has 0 amide bonds. The van der Waals surface area contributed by atoms with E-state index in [1.54, 1.807) is 7.11 Å². The molecule has 2 N–H and O–H groups in total. The van der Waals surface area contributed by atoms with Gasteiger partial charge in [-0.15, -0.1) is 0 Å². The summed E-state index contributed by atoms with van der Waals surface area (Å²) in [7, 11) is 1.75. The van der Waals surface area contributed by atoms with Gasteiger partial charge in [-0.2, -0.15) is 0 Å². The van der Waals surface area contributed by atoms with Gasteiger partial charge >= 0.3 is 0 Å². The van der Waals surface area contributed by atoms with E-state index in [0.717, 1.165) is 5.75 Å². The second-order valence-corrected chi connectivity index (χ2v) is 5.55. The maximum absolute atomic E-state index is 5.48. The quantitative estimate of drug-likeness (QED) is 0.740. The highest BCUT2D eigenvalue weighted by Gasteiger charge is 2.20. The zero-order chi connectivity index (χ0) is 13.6. The minimum Gasteiger partial charge on any atom is -0.496 e. The zero-order valence-corrected chi connectivity index (χ0v) is 13.3. The molecule has 0 atom stereocenters. The van der Waals surface area contributed by atoms with Crippen molar-refractivity contribution in [1.29, 1.82) is 0 Å². The Hall–Kier alpha value is -1.02. The highest BCUT2D eigenvalue weighted by molar-refractivity contribution is 5.48. The molecule has 0 aliphatic carbocycles. The van der Waals surface area contributed by atoms with Gasteiger partial charge in [-0.1, -0.05) is 53.2 Å². The summed E-state index contributed by atoms with van der Waals surface area (Å²) in [4.78, 5) is 0. The molecule has 0 spiro atoms. The van der Waals surface area contributed by atoms with Gasteiger partial charge in [0.15, 0.2) is 0 Å². The fourth-order valence-corrected chi connectivity index (χ4v) is 1.64. The van der Waals surface area contributed by atoms with Crippen molar-refractivity contribution in [2.75, 3.05) is 7.11 Å². The molecule has 18 heavy (non-hydrogen) atoms. The second kappa shape index (κ2) is 8.15. The third-order valence-electron chi connectivity index (χ3n) is 2.69. The Labute approximate surface area is 113 Å². The Balaban J connectivity index is 0. The lowest BCUT2D eigenvalue weighted by Gasteiger charge is -2.24. The van der Waals surface area contributed by atoms with Crippen LogP contribution in [0.5, 0.6) is 5.75 Å². The average Bonchev–Trinajstić information content (AvgIpc) is 2.21. The van der Waals surface area contributed by atoms with E-state index in [1.165, 1.54) is 23.1 Å². The summed E-state index contributed by atoms with van der Waals surface area (Å²) in [5, 5.41) is 0. The van der Waals surface area contributed by atoms with Gasteiger partial charge in [0.1, 0.15) is 5.75 Å². The van der Waals surface area contributed by atoms with E-state index >= 15 is 0 Å². The van der Waals surface area contributed by atoms with Gasteiger partial charge in [0.05, 0.1) is 7.11 Å². The number of hydrogen-bond acceptors (Lipinski definition) is 1. The molecule has 0 unspecified atom stereocenters. The third kappa shape index (κ3) is 5.09. The van der Waals surface area contributed by atoms with Gasteiger partial charge < -0.3 is 10.2 Å². The Morgan fingerprint density at radius 2 is 1.50 bits per heavy atom. The third-order valence-corrected chi connectivity index (χ3v) is 2.69. The fourth-order valence-electron chi connectivity index (χ4n) is 1.64. The largest absolute Gasteiger partial charge is 0.496 e. The van der Waals surface area contributed by atoms with Gasteiger partial charge in [0, 0.05) is 0 Å². The molecular weight excluding hydrogens is 224 g/mol. The van der Waals surface area contributed by atoms with Crippen molar-refractivity contribution in [1.82, 2.24) is 0 Å². The number of ether oxygens (including phenoxy) is 1. The van der Waals surface area contributed by atoms with Gasteiger partial charge in [0.25, 0.3) is 0 Å². The standard InChI is InChI=1S/C13H20O.C3H8.H2O/c1-9-7-8-11(13(3,4)5)12(14-6)10(9)2;1-3-2;/h7-8H,1-6H3;3H2,1-2H3;1H2. The number of aryl methyl sites for hydroxylation is 1. The van der Waals surface area contributed by atoms with Crippen molar-refractivity contribution in [3.63, 3.8) is 0 Å². The van der Waals surface area contributed by atoms with E-state index in [4.69, 9.17) is 4.74 Å². The summed E-state index contributed by atoms with van der Waals surface area (Å²) in [5.41, 5.74) is 3.96. The summed E-state index contributed by atoms with van der Waals surface area (Å²) in [6, 6.07) is 4.33. The van der Waals surface area contributed by atoms with Crippen LogP contribution in [0.15, 0.2) is 12.1 Å². The smallest absolute Gasteiger partial charge is 0.125 e. The molecule has 0 heterocycles. The Morgan fingerprint density at radius 1 is 1.06 bits per heavy atom. The van der Waals surface area contributed by atoms with Crippen molar-refractivity contribution in [3.8, 4) is 5.75 Å². The first-order valence-electron chi connectivity index (χ1n) is 6.44. The predicted molar refractivity (Wildman–Crippen MR) is 80.7 cm³/mol. The summed E-state index contributed by atoms with van der Waals surface area (Å²) in [5.74, 6) is 1.04. The van der Waals surface area contributed by atoms with Crippen LogP contribution < -0.4 is 4.74 Å². The molecule has 1 aromatic rings. The molecule has 106 valence electrons. The molecule has 0 aliphatic heterocycles.